The van der Waals surface area contributed by atoms with Crippen LogP contribution in [0.1, 0.15) is 192 Å². The highest BCUT2D eigenvalue weighted by Crippen LogP contribution is 2.37. The van der Waals surface area contributed by atoms with Crippen molar-refractivity contribution in [1.29, 1.82) is 0 Å². The fraction of sp³-hybridized carbons (Fsp3) is 0.510. The Morgan fingerprint density at radius 3 is 1.02 bits per heavy atom. The summed E-state index contributed by atoms with van der Waals surface area (Å²) in [5.74, 6) is 1.19. The van der Waals surface area contributed by atoms with Crippen molar-refractivity contribution in [2.75, 3.05) is 11.5 Å². The molecule has 0 aromatic heterocycles. The smallest absolute Gasteiger partial charge is 0.0316 e. The molecule has 4 aromatic carbocycles. The first-order chi connectivity index (χ1) is 24.9. The molecular formula is C49H70N2. The number of anilines is 2. The second-order valence-corrected chi connectivity index (χ2v) is 15.5. The van der Waals surface area contributed by atoms with Crippen LogP contribution >= 0.6 is 0 Å². The molecule has 0 aliphatic rings. The van der Waals surface area contributed by atoms with Gasteiger partial charge in [-0.2, -0.15) is 0 Å². The van der Waals surface area contributed by atoms with Crippen molar-refractivity contribution in [2.24, 2.45) is 0 Å². The highest BCUT2D eigenvalue weighted by atomic mass is 14.5. The van der Waals surface area contributed by atoms with Gasteiger partial charge in [0.1, 0.15) is 0 Å². The Morgan fingerprint density at radius 2 is 0.706 bits per heavy atom. The Bertz CT molecular complexity index is 1430. The van der Waals surface area contributed by atoms with Gasteiger partial charge in [0.2, 0.25) is 0 Å². The van der Waals surface area contributed by atoms with Gasteiger partial charge in [0, 0.05) is 29.1 Å². The third-order valence-electron chi connectivity index (χ3n) is 11.4. The van der Waals surface area contributed by atoms with E-state index in [1.165, 1.54) is 147 Å². The molecule has 0 saturated heterocycles. The van der Waals surface area contributed by atoms with Crippen molar-refractivity contribution in [3.63, 3.8) is 0 Å². The van der Waals surface area contributed by atoms with E-state index in [1.807, 2.05) is 0 Å². The molecule has 0 aliphatic heterocycles. The minimum absolute atomic E-state index is 0.382. The zero-order chi connectivity index (χ0) is 36.4. The normalized spacial score (nSPS) is 13.3. The summed E-state index contributed by atoms with van der Waals surface area (Å²) in [5.41, 5.74) is 25.2. The zero-order valence-corrected chi connectivity index (χ0v) is 33.0. The lowest BCUT2D eigenvalue weighted by Gasteiger charge is -2.23. The summed E-state index contributed by atoms with van der Waals surface area (Å²) in [6.07, 6.45) is 22.2. The van der Waals surface area contributed by atoms with Crippen LogP contribution in [0.15, 0.2) is 84.9 Å². The Kier molecular flexibility index (Phi) is 17.2. The van der Waals surface area contributed by atoms with Gasteiger partial charge in [-0.05, 0) is 102 Å². The molecule has 4 rings (SSSR count). The van der Waals surface area contributed by atoms with Crippen molar-refractivity contribution in [2.45, 2.75) is 162 Å². The quantitative estimate of drug-likeness (QED) is 0.0603. The molecule has 51 heavy (non-hydrogen) atoms. The second-order valence-electron chi connectivity index (χ2n) is 15.5. The Morgan fingerprint density at radius 1 is 0.392 bits per heavy atom. The van der Waals surface area contributed by atoms with Crippen LogP contribution in [0.4, 0.5) is 11.4 Å². The van der Waals surface area contributed by atoms with E-state index in [-0.39, 0.29) is 0 Å². The summed E-state index contributed by atoms with van der Waals surface area (Å²) in [6.45, 7) is 11.4. The van der Waals surface area contributed by atoms with Gasteiger partial charge in [-0.3, -0.25) is 0 Å². The molecule has 0 radical (unpaired) electrons. The van der Waals surface area contributed by atoms with Crippen LogP contribution < -0.4 is 11.5 Å². The van der Waals surface area contributed by atoms with Crippen molar-refractivity contribution in [3.05, 3.63) is 129 Å². The molecule has 0 bridgehead atoms. The number of rotatable bonds is 23. The molecular weight excluding hydrogens is 617 g/mol. The van der Waals surface area contributed by atoms with E-state index < -0.39 is 0 Å². The number of unbranched alkanes of at least 4 members (excludes halogenated alkanes) is 12. The fourth-order valence-electron chi connectivity index (χ4n) is 8.38. The van der Waals surface area contributed by atoms with E-state index in [2.05, 4.69) is 120 Å². The molecule has 2 nitrogen and oxygen atoms in total. The fourth-order valence-corrected chi connectivity index (χ4v) is 8.38. The average molecular weight is 687 g/mol. The molecule has 0 saturated carbocycles. The van der Waals surface area contributed by atoms with Crippen LogP contribution in [0.2, 0.25) is 0 Å². The van der Waals surface area contributed by atoms with Crippen molar-refractivity contribution < 1.29 is 0 Å². The van der Waals surface area contributed by atoms with E-state index in [0.717, 1.165) is 17.8 Å². The summed E-state index contributed by atoms with van der Waals surface area (Å²) in [4.78, 5) is 0. The predicted octanol–water partition coefficient (Wildman–Crippen LogP) is 14.6. The molecule has 4 N–H and O–H groups in total. The maximum atomic E-state index is 6.18. The molecule has 276 valence electrons. The third-order valence-corrected chi connectivity index (χ3v) is 11.4. The van der Waals surface area contributed by atoms with Gasteiger partial charge < -0.3 is 11.5 Å². The van der Waals surface area contributed by atoms with E-state index in [0.29, 0.717) is 17.8 Å². The monoisotopic (exact) mass is 687 g/mol. The molecule has 2 unspecified atom stereocenters. The number of nitrogens with two attached hydrogens (primary N) is 2. The lowest BCUT2D eigenvalue weighted by molar-refractivity contribution is 0.558. The first-order valence-electron chi connectivity index (χ1n) is 20.8. The maximum absolute atomic E-state index is 6.18. The van der Waals surface area contributed by atoms with E-state index >= 15 is 0 Å². The van der Waals surface area contributed by atoms with Crippen molar-refractivity contribution in [3.8, 4) is 0 Å². The summed E-state index contributed by atoms with van der Waals surface area (Å²) in [6, 6.07) is 32.3. The third kappa shape index (κ3) is 12.3. The Balaban J connectivity index is 1.50. The minimum Gasteiger partial charge on any atom is -0.399 e. The van der Waals surface area contributed by atoms with Crippen LogP contribution in [0.25, 0.3) is 0 Å². The molecule has 4 aromatic rings. The Hall–Kier alpha value is -3.52. The van der Waals surface area contributed by atoms with Crippen LogP contribution in [0.3, 0.4) is 0 Å². The summed E-state index contributed by atoms with van der Waals surface area (Å²) < 4.78 is 0. The zero-order valence-electron chi connectivity index (χ0n) is 33.0. The number of hydrogen-bond acceptors (Lipinski definition) is 2. The Labute approximate surface area is 312 Å². The number of aryl methyl sites for hydroxylation is 2. The average Bonchev–Trinajstić information content (AvgIpc) is 3.13. The van der Waals surface area contributed by atoms with Crippen LogP contribution in [-0.4, -0.2) is 0 Å². The number of nitrogen functional groups attached to an aromatic ring is 2. The largest absolute Gasteiger partial charge is 0.399 e. The standard InChI is InChI=1S/C49H70N2/c1-6-9-11-13-15-17-19-21-48(46-33-31-43(50)35-37(46)4)41-27-23-39(24-28-41)45(8-3)40-25-29-42(30-26-40)49(22-20-18-16-14-12-10-7-2)47-34-32-44(51)36-38(47)5/h23-36,45,48-49H,6-22,50-51H2,1-5H3. The summed E-state index contributed by atoms with van der Waals surface area (Å²) in [5, 5.41) is 0. The maximum Gasteiger partial charge on any atom is 0.0316 e. The van der Waals surface area contributed by atoms with Gasteiger partial charge in [-0.25, -0.2) is 0 Å². The van der Waals surface area contributed by atoms with E-state index in [9.17, 15) is 0 Å². The van der Waals surface area contributed by atoms with Gasteiger partial charge >= 0.3 is 0 Å². The van der Waals surface area contributed by atoms with Crippen LogP contribution in [0, 0.1) is 13.8 Å². The molecule has 0 spiro atoms. The first-order valence-corrected chi connectivity index (χ1v) is 20.8. The van der Waals surface area contributed by atoms with Crippen molar-refractivity contribution in [1.82, 2.24) is 0 Å². The summed E-state index contributed by atoms with van der Waals surface area (Å²) >= 11 is 0. The minimum atomic E-state index is 0.382. The lowest BCUT2D eigenvalue weighted by atomic mass is 9.81. The van der Waals surface area contributed by atoms with Gasteiger partial charge in [-0.1, -0.05) is 171 Å². The molecule has 0 heterocycles. The molecule has 2 heteroatoms. The highest BCUT2D eigenvalue weighted by Gasteiger charge is 2.20. The van der Waals surface area contributed by atoms with Crippen LogP contribution in [0.5, 0.6) is 0 Å². The number of hydrogen-bond donors (Lipinski definition) is 2. The molecule has 0 fully saturated rings. The second kappa shape index (κ2) is 21.8. The highest BCUT2D eigenvalue weighted by molar-refractivity contribution is 5.50. The lowest BCUT2D eigenvalue weighted by Crippen LogP contribution is -2.07. The van der Waals surface area contributed by atoms with Gasteiger partial charge in [0.15, 0.2) is 0 Å². The predicted molar refractivity (Wildman–Crippen MR) is 225 cm³/mol. The summed E-state index contributed by atoms with van der Waals surface area (Å²) in [7, 11) is 0. The molecule has 2 atom stereocenters. The number of benzene rings is 4. The van der Waals surface area contributed by atoms with Gasteiger partial charge in [-0.15, -0.1) is 0 Å². The van der Waals surface area contributed by atoms with E-state index in [4.69, 9.17) is 11.5 Å². The molecule has 0 aliphatic carbocycles. The van der Waals surface area contributed by atoms with Crippen LogP contribution in [-0.2, 0) is 0 Å². The van der Waals surface area contributed by atoms with Gasteiger partial charge in [0.25, 0.3) is 0 Å². The topological polar surface area (TPSA) is 52.0 Å². The van der Waals surface area contributed by atoms with Gasteiger partial charge in [0.05, 0.1) is 0 Å². The SMILES string of the molecule is CCCCCCCCCC(c1ccc(C(CC)c2ccc(C(CCCCCCCCC)c3ccc(N)cc3C)cc2)cc1)c1ccc(N)cc1C. The first kappa shape index (κ1) is 40.3. The van der Waals surface area contributed by atoms with Crippen molar-refractivity contribution >= 4 is 11.4 Å². The van der Waals surface area contributed by atoms with E-state index in [1.54, 1.807) is 0 Å². The molecule has 0 amide bonds.